The summed E-state index contributed by atoms with van der Waals surface area (Å²) in [4.78, 5) is 12.7. The van der Waals surface area contributed by atoms with Crippen molar-refractivity contribution in [3.63, 3.8) is 0 Å². The fourth-order valence-corrected chi connectivity index (χ4v) is 5.69. The van der Waals surface area contributed by atoms with E-state index in [1.807, 2.05) is 18.2 Å². The number of anilines is 1. The maximum absolute atomic E-state index is 12.7. The van der Waals surface area contributed by atoms with Crippen LogP contribution in [0.15, 0.2) is 48.6 Å². The van der Waals surface area contributed by atoms with Crippen LogP contribution in [0.1, 0.15) is 154 Å². The molecule has 3 N–H and O–H groups in total. The first-order chi connectivity index (χ1) is 20.9. The SMILES string of the molecule is CCCCCCCCC=CCCCCCCCNC(=O)Nc1ccccc1CCc1cc(C(C)(C)C)c(O)c(C(C)(C)C)c1. The van der Waals surface area contributed by atoms with Gasteiger partial charge < -0.3 is 15.7 Å². The molecule has 0 aliphatic carbocycles. The van der Waals surface area contributed by atoms with Crippen LogP contribution in [0.2, 0.25) is 0 Å². The van der Waals surface area contributed by atoms with Crippen molar-refractivity contribution in [1.29, 1.82) is 0 Å². The average molecular weight is 605 g/mol. The third-order valence-corrected chi connectivity index (χ3v) is 8.46. The quantitative estimate of drug-likeness (QED) is 0.110. The number of phenolic OH excluding ortho intramolecular Hbond substituents is 1. The van der Waals surface area contributed by atoms with Crippen molar-refractivity contribution in [2.75, 3.05) is 11.9 Å². The van der Waals surface area contributed by atoms with Gasteiger partial charge in [0.05, 0.1) is 0 Å². The molecule has 0 saturated carbocycles. The van der Waals surface area contributed by atoms with Crippen molar-refractivity contribution in [3.05, 3.63) is 70.8 Å². The lowest BCUT2D eigenvalue weighted by Crippen LogP contribution is -2.29. The van der Waals surface area contributed by atoms with Crippen LogP contribution in [-0.2, 0) is 23.7 Å². The van der Waals surface area contributed by atoms with Gasteiger partial charge in [-0.1, -0.05) is 142 Å². The molecule has 0 saturated heterocycles. The molecular weight excluding hydrogens is 540 g/mol. The standard InChI is InChI=1S/C40H64N2O2/c1-8-9-10-11-12-13-14-15-16-17-18-19-20-21-24-29-41-38(44)42-36-26-23-22-25-33(36)28-27-32-30-34(39(2,3)4)37(43)35(31-32)40(5,6)7/h15-16,22-23,25-26,30-31,43H,8-14,17-21,24,27-29H2,1-7H3,(H2,41,42,44). The number of phenols is 1. The fraction of sp³-hybridized carbons (Fsp3) is 0.625. The lowest BCUT2D eigenvalue weighted by atomic mass is 9.78. The Morgan fingerprint density at radius 2 is 1.25 bits per heavy atom. The topological polar surface area (TPSA) is 61.4 Å². The molecule has 2 aromatic rings. The highest BCUT2D eigenvalue weighted by molar-refractivity contribution is 5.90. The van der Waals surface area contributed by atoms with Gasteiger partial charge in [0, 0.05) is 12.2 Å². The molecular formula is C40H64N2O2. The summed E-state index contributed by atoms with van der Waals surface area (Å²) in [6.45, 7) is 15.8. The highest BCUT2D eigenvalue weighted by Crippen LogP contribution is 2.40. The molecule has 2 rings (SSSR count). The molecule has 0 aliphatic rings. The van der Waals surface area contributed by atoms with Crippen molar-refractivity contribution in [3.8, 4) is 5.75 Å². The van der Waals surface area contributed by atoms with Crippen molar-refractivity contribution in [1.82, 2.24) is 5.32 Å². The van der Waals surface area contributed by atoms with Crippen LogP contribution in [0, 0.1) is 0 Å². The zero-order valence-electron chi connectivity index (χ0n) is 29.3. The molecule has 0 heterocycles. The highest BCUT2D eigenvalue weighted by atomic mass is 16.3. The van der Waals surface area contributed by atoms with Gasteiger partial charge in [0.15, 0.2) is 0 Å². The summed E-state index contributed by atoms with van der Waals surface area (Å²) in [5.74, 6) is 0.415. The first-order valence-electron chi connectivity index (χ1n) is 17.6. The summed E-state index contributed by atoms with van der Waals surface area (Å²) >= 11 is 0. The van der Waals surface area contributed by atoms with Crippen LogP contribution in [0.4, 0.5) is 10.5 Å². The minimum atomic E-state index is -0.151. The van der Waals surface area contributed by atoms with E-state index in [1.54, 1.807) is 0 Å². The molecule has 0 radical (unpaired) electrons. The predicted molar refractivity (Wildman–Crippen MR) is 191 cm³/mol. The van der Waals surface area contributed by atoms with Crippen LogP contribution < -0.4 is 10.6 Å². The Morgan fingerprint density at radius 1 is 0.727 bits per heavy atom. The number of hydrogen-bond acceptors (Lipinski definition) is 2. The molecule has 0 aliphatic heterocycles. The lowest BCUT2D eigenvalue weighted by molar-refractivity contribution is 0.252. The van der Waals surface area contributed by atoms with Gasteiger partial charge in [0.25, 0.3) is 0 Å². The second kappa shape index (κ2) is 19.6. The number of rotatable bonds is 19. The van der Waals surface area contributed by atoms with E-state index in [-0.39, 0.29) is 16.9 Å². The molecule has 4 nitrogen and oxygen atoms in total. The summed E-state index contributed by atoms with van der Waals surface area (Å²) in [5, 5.41) is 17.2. The van der Waals surface area contributed by atoms with Crippen LogP contribution in [0.25, 0.3) is 0 Å². The second-order valence-corrected chi connectivity index (χ2v) is 14.7. The Morgan fingerprint density at radius 3 is 1.82 bits per heavy atom. The third-order valence-electron chi connectivity index (χ3n) is 8.46. The number of allylic oxidation sites excluding steroid dienone is 2. The monoisotopic (exact) mass is 604 g/mol. The van der Waals surface area contributed by atoms with E-state index in [0.717, 1.165) is 48.1 Å². The van der Waals surface area contributed by atoms with Crippen molar-refractivity contribution in [2.24, 2.45) is 0 Å². The number of urea groups is 1. The van der Waals surface area contributed by atoms with Crippen molar-refractivity contribution < 1.29 is 9.90 Å². The Labute approximate surface area is 270 Å². The van der Waals surface area contributed by atoms with Gasteiger partial charge in [-0.3, -0.25) is 0 Å². The van der Waals surface area contributed by atoms with Gasteiger partial charge in [-0.2, -0.15) is 0 Å². The summed E-state index contributed by atoms with van der Waals surface area (Å²) in [6.07, 6.45) is 22.9. The third kappa shape index (κ3) is 14.4. The molecule has 0 aromatic heterocycles. The molecule has 0 unspecified atom stereocenters. The maximum atomic E-state index is 12.7. The number of carbonyl (C=O) groups excluding carboxylic acids is 1. The summed E-state index contributed by atoms with van der Waals surface area (Å²) in [6, 6.07) is 12.2. The molecule has 0 spiro atoms. The van der Waals surface area contributed by atoms with E-state index in [2.05, 4.69) is 89.5 Å². The number of aromatic hydroxyl groups is 1. The maximum Gasteiger partial charge on any atom is 0.319 e. The van der Waals surface area contributed by atoms with Gasteiger partial charge in [0.2, 0.25) is 0 Å². The van der Waals surface area contributed by atoms with Crippen LogP contribution in [0.5, 0.6) is 5.75 Å². The molecule has 2 aromatic carbocycles. The molecule has 246 valence electrons. The number of carbonyl (C=O) groups is 1. The van der Waals surface area contributed by atoms with Gasteiger partial charge in [-0.15, -0.1) is 0 Å². The number of aryl methyl sites for hydroxylation is 2. The number of para-hydroxylation sites is 1. The zero-order valence-corrected chi connectivity index (χ0v) is 29.3. The molecule has 44 heavy (non-hydrogen) atoms. The first-order valence-corrected chi connectivity index (χ1v) is 17.6. The number of hydrogen-bond donors (Lipinski definition) is 3. The predicted octanol–water partition coefficient (Wildman–Crippen LogP) is 11.5. The first kappa shape index (κ1) is 37.4. The minimum absolute atomic E-state index is 0.136. The van der Waals surface area contributed by atoms with Crippen LogP contribution >= 0.6 is 0 Å². The Hall–Kier alpha value is -2.75. The molecule has 4 heteroatoms. The molecule has 0 fully saturated rings. The molecule has 0 bridgehead atoms. The fourth-order valence-electron chi connectivity index (χ4n) is 5.69. The van der Waals surface area contributed by atoms with Crippen molar-refractivity contribution in [2.45, 2.75) is 156 Å². The number of amides is 2. The van der Waals surface area contributed by atoms with Gasteiger partial charge in [0.1, 0.15) is 5.75 Å². The smallest absolute Gasteiger partial charge is 0.319 e. The molecule has 2 amide bonds. The average Bonchev–Trinajstić information content (AvgIpc) is 2.95. The van der Waals surface area contributed by atoms with E-state index < -0.39 is 0 Å². The van der Waals surface area contributed by atoms with Crippen molar-refractivity contribution >= 4 is 11.7 Å². The minimum Gasteiger partial charge on any atom is -0.507 e. The molecule has 0 atom stereocenters. The normalized spacial score (nSPS) is 12.2. The van der Waals surface area contributed by atoms with Gasteiger partial charge in [-0.05, 0) is 84.1 Å². The number of nitrogens with one attached hydrogen (secondary N) is 2. The van der Waals surface area contributed by atoms with E-state index in [0.29, 0.717) is 12.3 Å². The van der Waals surface area contributed by atoms with Crippen LogP contribution in [0.3, 0.4) is 0 Å². The van der Waals surface area contributed by atoms with E-state index in [4.69, 9.17) is 0 Å². The summed E-state index contributed by atoms with van der Waals surface area (Å²) < 4.78 is 0. The second-order valence-electron chi connectivity index (χ2n) is 14.7. The Bertz CT molecular complexity index is 1100. The number of unbranched alkanes of at least 4 members (excludes halogenated alkanes) is 11. The van der Waals surface area contributed by atoms with Gasteiger partial charge >= 0.3 is 6.03 Å². The summed E-state index contributed by atoms with van der Waals surface area (Å²) in [7, 11) is 0. The number of benzene rings is 2. The Balaban J connectivity index is 1.72. The zero-order chi connectivity index (χ0) is 32.4. The van der Waals surface area contributed by atoms with E-state index in [1.165, 1.54) is 76.2 Å². The van der Waals surface area contributed by atoms with E-state index >= 15 is 0 Å². The Kier molecular flexibility index (Phi) is 16.7. The highest BCUT2D eigenvalue weighted by Gasteiger charge is 2.26. The van der Waals surface area contributed by atoms with Crippen LogP contribution in [-0.4, -0.2) is 17.7 Å². The van der Waals surface area contributed by atoms with E-state index in [9.17, 15) is 9.90 Å². The lowest BCUT2D eigenvalue weighted by Gasteiger charge is -2.28. The van der Waals surface area contributed by atoms with Gasteiger partial charge in [-0.25, -0.2) is 4.79 Å². The largest absolute Gasteiger partial charge is 0.507 e. The summed E-state index contributed by atoms with van der Waals surface area (Å²) in [5.41, 5.74) is 4.86.